The molecule has 4 rings (SSSR count). The number of ether oxygens (including phenoxy) is 2. The lowest BCUT2D eigenvalue weighted by atomic mass is 9.87. The lowest BCUT2D eigenvalue weighted by Crippen LogP contribution is -2.31. The average molecular weight is 396 g/mol. The van der Waals surface area contributed by atoms with Gasteiger partial charge in [0.05, 0.1) is 37.1 Å². The molecule has 0 unspecified atom stereocenters. The van der Waals surface area contributed by atoms with Gasteiger partial charge in [0.15, 0.2) is 0 Å². The van der Waals surface area contributed by atoms with Gasteiger partial charge in [-0.15, -0.1) is 0 Å². The predicted molar refractivity (Wildman–Crippen MR) is 113 cm³/mol. The Kier molecular flexibility index (Phi) is 5.92. The summed E-state index contributed by atoms with van der Waals surface area (Å²) in [7, 11) is 1.65. The summed E-state index contributed by atoms with van der Waals surface area (Å²) < 4.78 is 12.6. The monoisotopic (exact) mass is 395 g/mol. The van der Waals surface area contributed by atoms with E-state index < -0.39 is 0 Å². The van der Waals surface area contributed by atoms with E-state index in [1.165, 1.54) is 11.1 Å². The van der Waals surface area contributed by atoms with Crippen LogP contribution in [0, 0.1) is 6.92 Å². The molecule has 1 amide bonds. The Morgan fingerprint density at radius 2 is 2.17 bits per heavy atom. The largest absolute Gasteiger partial charge is 0.382 e. The third kappa shape index (κ3) is 4.18. The standard InChI is InChI=1S/C23H27N3O3.H2/c1-16-14-18(15-29-13-12-28-2)24-22-20(10-11-26(16)22)23(27)25-21-9-5-7-17-6-3-4-8-19(17)21;/h3-4,6,8,10-11,14,21H,5,7,9,12-13,15H2,1-2H3,(H,25,27);1H/t21-;/m0./s1. The average Bonchev–Trinajstić information content (AvgIpc) is 3.16. The van der Waals surface area contributed by atoms with Gasteiger partial charge in [0, 0.05) is 20.4 Å². The highest BCUT2D eigenvalue weighted by molar-refractivity contribution is 6.00. The second-order valence-electron chi connectivity index (χ2n) is 7.47. The maximum atomic E-state index is 13.1. The van der Waals surface area contributed by atoms with Crippen LogP contribution in [0.3, 0.4) is 0 Å². The molecule has 29 heavy (non-hydrogen) atoms. The minimum absolute atomic E-state index is 0. The van der Waals surface area contributed by atoms with E-state index in [0.717, 1.165) is 30.7 Å². The van der Waals surface area contributed by atoms with Crippen LogP contribution in [0.25, 0.3) is 5.65 Å². The Balaban J connectivity index is 0.00000256. The summed E-state index contributed by atoms with van der Waals surface area (Å²) in [6.45, 7) is 3.45. The summed E-state index contributed by atoms with van der Waals surface area (Å²) in [4.78, 5) is 17.8. The van der Waals surface area contributed by atoms with Crippen molar-refractivity contribution < 1.29 is 15.7 Å². The van der Waals surface area contributed by atoms with Crippen LogP contribution in [0.4, 0.5) is 0 Å². The number of benzene rings is 1. The number of aromatic nitrogens is 2. The number of carbonyl (C=O) groups excluding carboxylic acids is 1. The first-order valence-corrected chi connectivity index (χ1v) is 10.1. The van der Waals surface area contributed by atoms with Gasteiger partial charge < -0.3 is 19.2 Å². The maximum absolute atomic E-state index is 13.1. The fraction of sp³-hybridized carbons (Fsp3) is 0.391. The Hall–Kier alpha value is -2.70. The van der Waals surface area contributed by atoms with Gasteiger partial charge in [-0.3, -0.25) is 4.79 Å². The zero-order valence-electron chi connectivity index (χ0n) is 17.0. The molecule has 2 aromatic heterocycles. The van der Waals surface area contributed by atoms with E-state index in [2.05, 4.69) is 28.5 Å². The van der Waals surface area contributed by atoms with Gasteiger partial charge in [-0.2, -0.15) is 0 Å². The molecule has 1 aliphatic rings. The molecule has 2 heterocycles. The zero-order chi connectivity index (χ0) is 20.2. The lowest BCUT2D eigenvalue weighted by molar-refractivity contribution is 0.0602. The Morgan fingerprint density at radius 1 is 1.31 bits per heavy atom. The van der Waals surface area contributed by atoms with Crippen molar-refractivity contribution in [3.8, 4) is 0 Å². The van der Waals surface area contributed by atoms with Crippen molar-refractivity contribution >= 4 is 11.6 Å². The van der Waals surface area contributed by atoms with Gasteiger partial charge in [-0.25, -0.2) is 4.98 Å². The zero-order valence-corrected chi connectivity index (χ0v) is 17.0. The number of fused-ring (bicyclic) bond motifs is 2. The topological polar surface area (TPSA) is 64.9 Å². The van der Waals surface area contributed by atoms with Crippen molar-refractivity contribution in [2.45, 2.75) is 38.8 Å². The quantitative estimate of drug-likeness (QED) is 0.617. The first-order valence-electron chi connectivity index (χ1n) is 10.1. The number of amides is 1. The molecule has 0 saturated heterocycles. The minimum atomic E-state index is -0.0847. The Labute approximate surface area is 172 Å². The van der Waals surface area contributed by atoms with Gasteiger partial charge in [0.25, 0.3) is 5.91 Å². The highest BCUT2D eigenvalue weighted by Crippen LogP contribution is 2.30. The summed E-state index contributed by atoms with van der Waals surface area (Å²) >= 11 is 0. The van der Waals surface area contributed by atoms with Gasteiger partial charge in [-0.05, 0) is 49.4 Å². The molecular formula is C23H29N3O3. The summed E-state index contributed by atoms with van der Waals surface area (Å²) in [5.41, 5.74) is 5.64. The van der Waals surface area contributed by atoms with E-state index in [4.69, 9.17) is 9.47 Å². The maximum Gasteiger partial charge on any atom is 0.255 e. The van der Waals surface area contributed by atoms with Crippen LogP contribution in [-0.4, -0.2) is 35.6 Å². The number of aryl methyl sites for hydroxylation is 2. The van der Waals surface area contributed by atoms with Gasteiger partial charge >= 0.3 is 0 Å². The molecule has 154 valence electrons. The number of hydrogen-bond acceptors (Lipinski definition) is 4. The van der Waals surface area contributed by atoms with Crippen LogP contribution in [0.5, 0.6) is 0 Å². The molecule has 0 fully saturated rings. The van der Waals surface area contributed by atoms with E-state index in [-0.39, 0.29) is 13.4 Å². The molecule has 1 aliphatic carbocycles. The number of methoxy groups -OCH3 is 1. The van der Waals surface area contributed by atoms with E-state index in [1.807, 2.05) is 35.7 Å². The fourth-order valence-corrected chi connectivity index (χ4v) is 4.01. The van der Waals surface area contributed by atoms with E-state index in [1.54, 1.807) is 7.11 Å². The van der Waals surface area contributed by atoms with Crippen molar-refractivity contribution in [2.75, 3.05) is 20.3 Å². The molecule has 0 aliphatic heterocycles. The molecule has 1 aromatic carbocycles. The van der Waals surface area contributed by atoms with E-state index >= 15 is 0 Å². The summed E-state index contributed by atoms with van der Waals surface area (Å²) in [5.74, 6) is -0.0847. The van der Waals surface area contributed by atoms with Crippen molar-refractivity contribution in [3.63, 3.8) is 0 Å². The molecule has 6 heteroatoms. The molecule has 1 atom stereocenters. The third-order valence-electron chi connectivity index (χ3n) is 5.47. The van der Waals surface area contributed by atoms with Crippen molar-refractivity contribution in [3.05, 3.63) is 70.7 Å². The molecule has 1 N–H and O–H groups in total. The molecule has 0 bridgehead atoms. The molecule has 0 radical (unpaired) electrons. The minimum Gasteiger partial charge on any atom is -0.382 e. The third-order valence-corrected chi connectivity index (χ3v) is 5.47. The van der Waals surface area contributed by atoms with Crippen LogP contribution >= 0.6 is 0 Å². The highest BCUT2D eigenvalue weighted by atomic mass is 16.5. The van der Waals surface area contributed by atoms with Gasteiger partial charge in [-0.1, -0.05) is 24.3 Å². The Bertz CT molecular complexity index is 1020. The van der Waals surface area contributed by atoms with E-state index in [9.17, 15) is 4.79 Å². The van der Waals surface area contributed by atoms with Gasteiger partial charge in [0.2, 0.25) is 0 Å². The molecule has 0 saturated carbocycles. The smallest absolute Gasteiger partial charge is 0.255 e. The van der Waals surface area contributed by atoms with Crippen LogP contribution in [0.2, 0.25) is 0 Å². The molecule has 0 spiro atoms. The number of nitrogens with one attached hydrogen (secondary N) is 1. The summed E-state index contributed by atoms with van der Waals surface area (Å²) in [6, 6.07) is 12.3. The fourth-order valence-electron chi connectivity index (χ4n) is 4.01. The normalized spacial score (nSPS) is 16.0. The second-order valence-corrected chi connectivity index (χ2v) is 7.47. The molecule has 3 aromatic rings. The van der Waals surface area contributed by atoms with Crippen LogP contribution in [0.1, 0.15) is 53.2 Å². The van der Waals surface area contributed by atoms with E-state index in [0.29, 0.717) is 31.0 Å². The molecular weight excluding hydrogens is 366 g/mol. The van der Waals surface area contributed by atoms with Crippen LogP contribution in [0.15, 0.2) is 42.6 Å². The van der Waals surface area contributed by atoms with Crippen LogP contribution < -0.4 is 5.32 Å². The van der Waals surface area contributed by atoms with Crippen LogP contribution in [-0.2, 0) is 22.5 Å². The number of carbonyl (C=O) groups is 1. The molecule has 6 nitrogen and oxygen atoms in total. The summed E-state index contributed by atoms with van der Waals surface area (Å²) in [5, 5.41) is 3.23. The highest BCUT2D eigenvalue weighted by Gasteiger charge is 2.23. The first kappa shape index (κ1) is 19.6. The summed E-state index contributed by atoms with van der Waals surface area (Å²) in [6.07, 6.45) is 5.01. The first-order chi connectivity index (χ1) is 14.2. The number of hydrogen-bond donors (Lipinski definition) is 1. The van der Waals surface area contributed by atoms with Gasteiger partial charge in [0.1, 0.15) is 5.65 Å². The Morgan fingerprint density at radius 3 is 3.03 bits per heavy atom. The predicted octanol–water partition coefficient (Wildman–Crippen LogP) is 3.86. The van der Waals surface area contributed by atoms with Crippen molar-refractivity contribution in [2.24, 2.45) is 0 Å². The number of nitrogens with zero attached hydrogens (tertiary/aromatic N) is 2. The van der Waals surface area contributed by atoms with Crippen molar-refractivity contribution in [1.82, 2.24) is 14.7 Å². The lowest BCUT2D eigenvalue weighted by Gasteiger charge is -2.26. The second kappa shape index (κ2) is 8.76. The van der Waals surface area contributed by atoms with Crippen molar-refractivity contribution in [1.29, 1.82) is 0 Å². The number of rotatable bonds is 7. The SMILES string of the molecule is COCCOCc1cc(C)n2ccc(C(=O)N[C@H]3CCCc4ccccc43)c2n1.[HH].